The summed E-state index contributed by atoms with van der Waals surface area (Å²) in [6, 6.07) is 18.4. The van der Waals surface area contributed by atoms with Crippen molar-refractivity contribution in [3.8, 4) is 0 Å². The van der Waals surface area contributed by atoms with Crippen molar-refractivity contribution in [2.24, 2.45) is 5.41 Å². The quantitative estimate of drug-likeness (QED) is 0.695. The van der Waals surface area contributed by atoms with Crippen LogP contribution in [0.1, 0.15) is 37.3 Å². The van der Waals surface area contributed by atoms with E-state index in [4.69, 9.17) is 4.98 Å². The Morgan fingerprint density at radius 2 is 1.77 bits per heavy atom. The van der Waals surface area contributed by atoms with Gasteiger partial charge in [0.2, 0.25) is 0 Å². The summed E-state index contributed by atoms with van der Waals surface area (Å²) < 4.78 is 1.12. The van der Waals surface area contributed by atoms with Gasteiger partial charge in [0.25, 0.3) is 0 Å². The molecule has 1 aliphatic carbocycles. The number of thiazole rings is 1. The standard InChI is InChI=1S/C22H22N2OS/c1-22(2)12-17(23-14-15-8-4-3-5-9-15)20(18(25)13-22)21-24-16-10-6-7-11-19(16)26-21/h3-11,23H,12-14H2,1-2H3. The van der Waals surface area contributed by atoms with E-state index in [1.165, 1.54) is 5.56 Å². The van der Waals surface area contributed by atoms with Crippen LogP contribution < -0.4 is 5.32 Å². The fourth-order valence-electron chi connectivity index (χ4n) is 3.50. The Kier molecular flexibility index (Phi) is 4.37. The molecule has 0 radical (unpaired) electrons. The Hall–Kier alpha value is -2.46. The van der Waals surface area contributed by atoms with Gasteiger partial charge >= 0.3 is 0 Å². The number of aromatic nitrogens is 1. The van der Waals surface area contributed by atoms with Gasteiger partial charge in [0.05, 0.1) is 15.8 Å². The molecular weight excluding hydrogens is 340 g/mol. The number of rotatable bonds is 4. The van der Waals surface area contributed by atoms with Crippen LogP contribution in [0, 0.1) is 5.41 Å². The van der Waals surface area contributed by atoms with Crippen LogP contribution in [0.25, 0.3) is 15.8 Å². The van der Waals surface area contributed by atoms with Crippen LogP contribution in [-0.4, -0.2) is 10.8 Å². The van der Waals surface area contributed by atoms with Crippen LogP contribution in [0.3, 0.4) is 0 Å². The molecule has 1 N–H and O–H groups in total. The molecule has 1 aromatic heterocycles. The number of carbonyl (C=O) groups is 1. The van der Waals surface area contributed by atoms with Crippen molar-refractivity contribution < 1.29 is 4.79 Å². The van der Waals surface area contributed by atoms with Gasteiger partial charge in [-0.15, -0.1) is 11.3 Å². The molecule has 0 amide bonds. The molecule has 4 heteroatoms. The third-order valence-electron chi connectivity index (χ3n) is 4.73. The molecule has 0 spiro atoms. The van der Waals surface area contributed by atoms with Gasteiger partial charge in [-0.2, -0.15) is 0 Å². The van der Waals surface area contributed by atoms with Crippen molar-refractivity contribution in [3.63, 3.8) is 0 Å². The van der Waals surface area contributed by atoms with Crippen molar-refractivity contribution in [1.29, 1.82) is 0 Å². The largest absolute Gasteiger partial charge is 0.384 e. The second kappa shape index (κ2) is 6.69. The Bertz CT molecular complexity index is 953. The SMILES string of the molecule is CC1(C)CC(=O)C(c2nc3ccccc3s2)=C(NCc2ccccc2)C1. The maximum Gasteiger partial charge on any atom is 0.168 e. The highest BCUT2D eigenvalue weighted by Crippen LogP contribution is 2.41. The highest BCUT2D eigenvalue weighted by atomic mass is 32.1. The first-order chi connectivity index (χ1) is 12.5. The van der Waals surface area contributed by atoms with Crippen molar-refractivity contribution >= 4 is 32.9 Å². The van der Waals surface area contributed by atoms with Gasteiger partial charge in [0.1, 0.15) is 5.01 Å². The van der Waals surface area contributed by atoms with E-state index in [0.29, 0.717) is 13.0 Å². The molecule has 0 fully saturated rings. The van der Waals surface area contributed by atoms with E-state index in [1.807, 2.05) is 36.4 Å². The number of nitrogens with one attached hydrogen (secondary N) is 1. The van der Waals surface area contributed by atoms with Crippen LogP contribution in [0.15, 0.2) is 60.3 Å². The molecule has 0 saturated heterocycles. The summed E-state index contributed by atoms with van der Waals surface area (Å²) in [5.74, 6) is 0.191. The molecule has 1 heterocycles. The van der Waals surface area contributed by atoms with Crippen molar-refractivity contribution in [1.82, 2.24) is 10.3 Å². The third-order valence-corrected chi connectivity index (χ3v) is 5.79. The van der Waals surface area contributed by atoms with Crippen LogP contribution in [0.4, 0.5) is 0 Å². The van der Waals surface area contributed by atoms with E-state index < -0.39 is 0 Å². The average molecular weight is 362 g/mol. The molecule has 2 aromatic carbocycles. The first-order valence-electron chi connectivity index (χ1n) is 8.92. The number of Topliss-reactive ketones (excluding diaryl/α,β-unsaturated/α-hetero) is 1. The van der Waals surface area contributed by atoms with Crippen LogP contribution in [0.5, 0.6) is 0 Å². The van der Waals surface area contributed by atoms with E-state index in [-0.39, 0.29) is 11.2 Å². The van der Waals surface area contributed by atoms with Crippen molar-refractivity contribution in [2.75, 3.05) is 0 Å². The van der Waals surface area contributed by atoms with Gasteiger partial charge in [0.15, 0.2) is 5.78 Å². The number of nitrogens with zero attached hydrogens (tertiary/aromatic N) is 1. The summed E-state index contributed by atoms with van der Waals surface area (Å²) >= 11 is 1.60. The first kappa shape index (κ1) is 17.0. The van der Waals surface area contributed by atoms with Gasteiger partial charge < -0.3 is 5.32 Å². The highest BCUT2D eigenvalue weighted by molar-refractivity contribution is 7.19. The Labute approximate surface area is 157 Å². The number of benzene rings is 2. The average Bonchev–Trinajstić information content (AvgIpc) is 3.03. The van der Waals surface area contributed by atoms with Crippen LogP contribution in [0.2, 0.25) is 0 Å². The molecule has 0 saturated carbocycles. The lowest BCUT2D eigenvalue weighted by atomic mass is 9.76. The zero-order valence-electron chi connectivity index (χ0n) is 15.1. The van der Waals surface area contributed by atoms with Gasteiger partial charge in [-0.05, 0) is 29.5 Å². The number of carbonyl (C=O) groups excluding carboxylic acids is 1. The van der Waals surface area contributed by atoms with Crippen LogP contribution >= 0.6 is 11.3 Å². The Balaban J connectivity index is 1.74. The number of hydrogen-bond acceptors (Lipinski definition) is 4. The van der Waals surface area contributed by atoms with E-state index in [2.05, 4.69) is 37.4 Å². The zero-order valence-corrected chi connectivity index (χ0v) is 15.9. The number of para-hydroxylation sites is 1. The predicted octanol–water partition coefficient (Wildman–Crippen LogP) is 5.19. The minimum atomic E-state index is -0.0315. The topological polar surface area (TPSA) is 42.0 Å². The molecule has 3 nitrogen and oxygen atoms in total. The molecule has 3 aromatic rings. The van der Waals surface area contributed by atoms with Gasteiger partial charge in [-0.3, -0.25) is 4.79 Å². The molecule has 26 heavy (non-hydrogen) atoms. The first-order valence-corrected chi connectivity index (χ1v) is 9.74. The molecule has 132 valence electrons. The molecular formula is C22H22N2OS. The Morgan fingerprint density at radius 3 is 2.54 bits per heavy atom. The highest BCUT2D eigenvalue weighted by Gasteiger charge is 2.34. The molecule has 0 aliphatic heterocycles. The van der Waals surface area contributed by atoms with Gasteiger partial charge in [-0.1, -0.05) is 56.3 Å². The van der Waals surface area contributed by atoms with Crippen molar-refractivity contribution in [3.05, 3.63) is 70.9 Å². The molecule has 1 aliphatic rings. The smallest absolute Gasteiger partial charge is 0.168 e. The van der Waals surface area contributed by atoms with E-state index in [0.717, 1.165) is 32.9 Å². The molecule has 0 unspecified atom stereocenters. The van der Waals surface area contributed by atoms with Gasteiger partial charge in [-0.25, -0.2) is 4.98 Å². The van der Waals surface area contributed by atoms with E-state index in [1.54, 1.807) is 11.3 Å². The molecule has 4 rings (SSSR count). The summed E-state index contributed by atoms with van der Waals surface area (Å²) in [4.78, 5) is 17.7. The van der Waals surface area contributed by atoms with Gasteiger partial charge in [0, 0.05) is 18.7 Å². The number of allylic oxidation sites excluding steroid dienone is 2. The number of ketones is 1. The van der Waals surface area contributed by atoms with Crippen molar-refractivity contribution in [2.45, 2.75) is 33.2 Å². The normalized spacial score (nSPS) is 16.9. The predicted molar refractivity (Wildman–Crippen MR) is 108 cm³/mol. The lowest BCUT2D eigenvalue weighted by Crippen LogP contribution is -2.30. The summed E-state index contributed by atoms with van der Waals surface area (Å²) in [5, 5.41) is 4.38. The molecule has 0 bridgehead atoms. The fourth-order valence-corrected chi connectivity index (χ4v) is 4.56. The minimum Gasteiger partial charge on any atom is -0.384 e. The summed E-state index contributed by atoms with van der Waals surface area (Å²) in [5.41, 5.74) is 3.94. The van der Waals surface area contributed by atoms with E-state index >= 15 is 0 Å². The maximum absolute atomic E-state index is 13.0. The molecule has 0 atom stereocenters. The maximum atomic E-state index is 13.0. The summed E-state index contributed by atoms with van der Waals surface area (Å²) in [6.45, 7) is 5.03. The number of fused-ring (bicyclic) bond motifs is 1. The lowest BCUT2D eigenvalue weighted by Gasteiger charge is -2.32. The Morgan fingerprint density at radius 1 is 1.04 bits per heavy atom. The third kappa shape index (κ3) is 3.42. The fraction of sp³-hybridized carbons (Fsp3) is 0.273. The minimum absolute atomic E-state index is 0.0315. The monoisotopic (exact) mass is 362 g/mol. The summed E-state index contributed by atoms with van der Waals surface area (Å²) in [6.07, 6.45) is 1.42. The second-order valence-electron chi connectivity index (χ2n) is 7.62. The lowest BCUT2D eigenvalue weighted by molar-refractivity contribution is -0.116. The summed E-state index contributed by atoms with van der Waals surface area (Å²) in [7, 11) is 0. The van der Waals surface area contributed by atoms with E-state index in [9.17, 15) is 4.79 Å². The zero-order chi connectivity index (χ0) is 18.1. The van der Waals surface area contributed by atoms with Crippen LogP contribution in [-0.2, 0) is 11.3 Å². The number of hydrogen-bond donors (Lipinski definition) is 1. The second-order valence-corrected chi connectivity index (χ2v) is 8.65.